The van der Waals surface area contributed by atoms with Crippen LogP contribution in [0.1, 0.15) is 49.8 Å². The number of halogens is 1. The summed E-state index contributed by atoms with van der Waals surface area (Å²) in [7, 11) is 1.97. The van der Waals surface area contributed by atoms with Gasteiger partial charge in [-0.05, 0) is 49.9 Å². The van der Waals surface area contributed by atoms with E-state index in [-0.39, 0.29) is 24.0 Å². The van der Waals surface area contributed by atoms with Crippen molar-refractivity contribution >= 4 is 5.69 Å². The van der Waals surface area contributed by atoms with E-state index in [2.05, 4.69) is 4.90 Å². The first-order chi connectivity index (χ1) is 9.41. The topological polar surface area (TPSA) is 49.5 Å². The lowest BCUT2D eigenvalue weighted by Gasteiger charge is -2.38. The molecule has 0 heterocycles. The van der Waals surface area contributed by atoms with Gasteiger partial charge in [0.2, 0.25) is 0 Å². The molecule has 0 radical (unpaired) electrons. The number of likely N-dealkylation sites (N-methyl/N-ethyl adjacent to an activating group) is 1. The van der Waals surface area contributed by atoms with E-state index in [1.807, 2.05) is 20.0 Å². The maximum absolute atomic E-state index is 13.8. The highest BCUT2D eigenvalue weighted by atomic mass is 19.1. The van der Waals surface area contributed by atoms with Gasteiger partial charge in [-0.25, -0.2) is 4.39 Å². The summed E-state index contributed by atoms with van der Waals surface area (Å²) in [6, 6.07) is 3.23. The molecule has 3 atom stereocenters. The number of aliphatic hydroxyl groups is 1. The molecule has 0 saturated heterocycles. The Hall–Kier alpha value is -1.13. The van der Waals surface area contributed by atoms with E-state index in [4.69, 9.17) is 5.73 Å². The highest BCUT2D eigenvalue weighted by molar-refractivity contribution is 5.57. The van der Waals surface area contributed by atoms with Crippen molar-refractivity contribution in [3.63, 3.8) is 0 Å². The van der Waals surface area contributed by atoms with Crippen LogP contribution in [-0.2, 0) is 0 Å². The molecule has 1 aliphatic rings. The molecule has 3 nitrogen and oxygen atoms in total. The Labute approximate surface area is 120 Å². The van der Waals surface area contributed by atoms with E-state index in [1.165, 1.54) is 6.07 Å². The normalized spacial score (nSPS) is 24.5. The van der Waals surface area contributed by atoms with Crippen molar-refractivity contribution in [3.8, 4) is 0 Å². The monoisotopic (exact) mass is 280 g/mol. The Bertz CT molecular complexity index is 476. The smallest absolute Gasteiger partial charge is 0.126 e. The van der Waals surface area contributed by atoms with Gasteiger partial charge in [0.1, 0.15) is 5.82 Å². The summed E-state index contributed by atoms with van der Waals surface area (Å²) >= 11 is 0. The maximum atomic E-state index is 13.8. The molecule has 2 unspecified atom stereocenters. The van der Waals surface area contributed by atoms with Crippen LogP contribution in [0.25, 0.3) is 0 Å². The first kappa shape index (κ1) is 15.3. The van der Waals surface area contributed by atoms with Gasteiger partial charge in [0.25, 0.3) is 0 Å². The Morgan fingerprint density at radius 3 is 2.60 bits per heavy atom. The van der Waals surface area contributed by atoms with Crippen molar-refractivity contribution in [2.24, 2.45) is 5.73 Å². The van der Waals surface area contributed by atoms with Gasteiger partial charge in [-0.1, -0.05) is 12.8 Å². The Morgan fingerprint density at radius 2 is 2.00 bits per heavy atom. The molecular formula is C16H25FN2O. The number of anilines is 1. The number of aryl methyl sites for hydroxylation is 1. The van der Waals surface area contributed by atoms with Gasteiger partial charge in [-0.2, -0.15) is 0 Å². The van der Waals surface area contributed by atoms with Gasteiger partial charge in [0.15, 0.2) is 0 Å². The van der Waals surface area contributed by atoms with Crippen LogP contribution < -0.4 is 10.6 Å². The average Bonchev–Trinajstić information content (AvgIpc) is 2.41. The quantitative estimate of drug-likeness (QED) is 0.895. The molecule has 1 aliphatic carbocycles. The van der Waals surface area contributed by atoms with Crippen molar-refractivity contribution in [2.45, 2.75) is 57.7 Å². The van der Waals surface area contributed by atoms with Crippen LogP contribution in [0.4, 0.5) is 10.1 Å². The minimum absolute atomic E-state index is 0.0890. The van der Waals surface area contributed by atoms with Gasteiger partial charge in [0, 0.05) is 18.8 Å². The number of hydrogen-bond acceptors (Lipinski definition) is 3. The van der Waals surface area contributed by atoms with Gasteiger partial charge in [-0.3, -0.25) is 0 Å². The summed E-state index contributed by atoms with van der Waals surface area (Å²) in [6.45, 7) is 3.62. The highest BCUT2D eigenvalue weighted by Crippen LogP contribution is 2.32. The van der Waals surface area contributed by atoms with E-state index in [9.17, 15) is 9.50 Å². The van der Waals surface area contributed by atoms with Crippen LogP contribution in [0.3, 0.4) is 0 Å². The first-order valence-electron chi connectivity index (χ1n) is 7.38. The highest BCUT2D eigenvalue weighted by Gasteiger charge is 2.28. The molecule has 20 heavy (non-hydrogen) atoms. The predicted octanol–water partition coefficient (Wildman–Crippen LogP) is 2.89. The second-order valence-corrected chi connectivity index (χ2v) is 5.98. The summed E-state index contributed by atoms with van der Waals surface area (Å²) in [5, 5.41) is 10.2. The van der Waals surface area contributed by atoms with E-state index in [1.54, 1.807) is 6.92 Å². The molecule has 0 aliphatic heterocycles. The minimum atomic E-state index is -0.319. The summed E-state index contributed by atoms with van der Waals surface area (Å²) in [5.41, 5.74) is 8.33. The van der Waals surface area contributed by atoms with Crippen LogP contribution >= 0.6 is 0 Å². The summed E-state index contributed by atoms with van der Waals surface area (Å²) < 4.78 is 13.8. The predicted molar refractivity (Wildman–Crippen MR) is 80.4 cm³/mol. The fourth-order valence-electron chi connectivity index (χ4n) is 3.07. The number of benzene rings is 1. The molecule has 112 valence electrons. The van der Waals surface area contributed by atoms with Gasteiger partial charge < -0.3 is 15.7 Å². The Balaban J connectivity index is 2.37. The van der Waals surface area contributed by atoms with Gasteiger partial charge in [-0.15, -0.1) is 0 Å². The van der Waals surface area contributed by atoms with Crippen LogP contribution in [0.2, 0.25) is 0 Å². The third-order valence-corrected chi connectivity index (χ3v) is 4.37. The second kappa shape index (κ2) is 6.10. The van der Waals surface area contributed by atoms with Crippen LogP contribution in [-0.4, -0.2) is 24.3 Å². The largest absolute Gasteiger partial charge is 0.391 e. The number of nitrogens with zero attached hydrogens (tertiary/aromatic N) is 1. The molecular weight excluding hydrogens is 255 g/mol. The summed E-state index contributed by atoms with van der Waals surface area (Å²) in [5.74, 6) is -0.223. The van der Waals surface area contributed by atoms with Crippen molar-refractivity contribution in [2.75, 3.05) is 11.9 Å². The van der Waals surface area contributed by atoms with Crippen molar-refractivity contribution in [1.29, 1.82) is 0 Å². The van der Waals surface area contributed by atoms with Crippen LogP contribution in [0, 0.1) is 12.7 Å². The molecule has 4 heteroatoms. The van der Waals surface area contributed by atoms with Gasteiger partial charge >= 0.3 is 0 Å². The zero-order chi connectivity index (χ0) is 14.9. The van der Waals surface area contributed by atoms with Crippen molar-refractivity contribution in [3.05, 3.63) is 29.1 Å². The molecule has 0 aromatic heterocycles. The Kier molecular flexibility index (Phi) is 4.66. The number of aliphatic hydroxyl groups excluding tert-OH is 1. The van der Waals surface area contributed by atoms with Crippen LogP contribution in [0.15, 0.2) is 12.1 Å². The fraction of sp³-hybridized carbons (Fsp3) is 0.625. The van der Waals surface area contributed by atoms with Crippen LogP contribution in [0.5, 0.6) is 0 Å². The number of hydrogen-bond donors (Lipinski definition) is 2. The lowest BCUT2D eigenvalue weighted by molar-refractivity contribution is 0.106. The Morgan fingerprint density at radius 1 is 1.35 bits per heavy atom. The summed E-state index contributed by atoms with van der Waals surface area (Å²) in [6.07, 6.45) is 3.68. The lowest BCUT2D eigenvalue weighted by atomic mass is 9.90. The lowest BCUT2D eigenvalue weighted by Crippen LogP contribution is -2.44. The zero-order valence-corrected chi connectivity index (χ0v) is 12.6. The molecule has 1 aromatic rings. The van der Waals surface area contributed by atoms with E-state index in [0.717, 1.165) is 36.9 Å². The third-order valence-electron chi connectivity index (χ3n) is 4.37. The molecule has 2 rings (SSSR count). The standard InChI is InChI=1S/C16H25FN2O/c1-10-8-15(12(11(2)18)9-13(10)17)19(3)14-6-4-5-7-16(14)20/h8-9,11,14,16,20H,4-7,18H2,1-3H3/t11-,14?,16?/m0/s1. The number of rotatable bonds is 3. The zero-order valence-electron chi connectivity index (χ0n) is 12.6. The average molecular weight is 280 g/mol. The molecule has 3 N–H and O–H groups in total. The minimum Gasteiger partial charge on any atom is -0.391 e. The first-order valence-corrected chi connectivity index (χ1v) is 7.38. The maximum Gasteiger partial charge on any atom is 0.126 e. The molecule has 0 bridgehead atoms. The second-order valence-electron chi connectivity index (χ2n) is 5.98. The molecule has 1 aromatic carbocycles. The van der Waals surface area contributed by atoms with E-state index >= 15 is 0 Å². The molecule has 1 fully saturated rings. The van der Waals surface area contributed by atoms with Crippen molar-refractivity contribution < 1.29 is 9.50 Å². The van der Waals surface area contributed by atoms with E-state index in [0.29, 0.717) is 5.56 Å². The molecule has 0 amide bonds. The SMILES string of the molecule is Cc1cc(N(C)C2CCCCC2O)c([C@H](C)N)cc1F. The third kappa shape index (κ3) is 2.96. The van der Waals surface area contributed by atoms with Crippen molar-refractivity contribution in [1.82, 2.24) is 0 Å². The van der Waals surface area contributed by atoms with E-state index < -0.39 is 0 Å². The molecule has 1 saturated carbocycles. The molecule has 0 spiro atoms. The van der Waals surface area contributed by atoms with Gasteiger partial charge in [0.05, 0.1) is 12.1 Å². The number of nitrogens with two attached hydrogens (primary N) is 1. The fourth-order valence-corrected chi connectivity index (χ4v) is 3.07. The summed E-state index contributed by atoms with van der Waals surface area (Å²) in [4.78, 5) is 2.08.